The van der Waals surface area contributed by atoms with Crippen molar-refractivity contribution >= 4 is 22.2 Å². The number of hydrogen-bond donors (Lipinski definition) is 1. The second-order valence-electron chi connectivity index (χ2n) is 3.63. The molecule has 6 heteroatoms. The van der Waals surface area contributed by atoms with Crippen molar-refractivity contribution < 1.29 is 22.5 Å². The highest BCUT2D eigenvalue weighted by Crippen LogP contribution is 2.01. The van der Waals surface area contributed by atoms with E-state index in [9.17, 15) is 13.2 Å². The molecule has 0 unspecified atom stereocenters. The van der Waals surface area contributed by atoms with Crippen molar-refractivity contribution in [3.8, 4) is 0 Å². The van der Waals surface area contributed by atoms with Gasteiger partial charge in [0.15, 0.2) is 0 Å². The standard InChI is InChI=1S/C8H8O3S.C7H10O2/c9-12(10,11)7-6-8-4-2-1-3-5-8;1-3-5-6-9-7(8)4-2/h1-7H,(H,9,10,11);3-5H,2,6H2,1H3. The number of esters is 1. The fourth-order valence-corrected chi connectivity index (χ4v) is 1.34. The summed E-state index contributed by atoms with van der Waals surface area (Å²) >= 11 is 0. The van der Waals surface area contributed by atoms with E-state index in [1.54, 1.807) is 30.3 Å². The molecule has 0 heterocycles. The monoisotopic (exact) mass is 310 g/mol. The van der Waals surface area contributed by atoms with Crippen LogP contribution in [0.3, 0.4) is 0 Å². The van der Waals surface area contributed by atoms with E-state index in [2.05, 4.69) is 11.3 Å². The summed E-state index contributed by atoms with van der Waals surface area (Å²) in [5.74, 6) is -0.381. The van der Waals surface area contributed by atoms with E-state index in [1.807, 2.05) is 19.1 Å². The van der Waals surface area contributed by atoms with Crippen molar-refractivity contribution in [3.05, 3.63) is 66.1 Å². The first-order chi connectivity index (χ1) is 9.89. The van der Waals surface area contributed by atoms with E-state index in [-0.39, 0.29) is 5.97 Å². The summed E-state index contributed by atoms with van der Waals surface area (Å²) in [6.45, 7) is 5.44. The molecular weight excluding hydrogens is 292 g/mol. The molecule has 0 fully saturated rings. The van der Waals surface area contributed by atoms with Crippen molar-refractivity contribution in [2.24, 2.45) is 0 Å². The lowest BCUT2D eigenvalue weighted by Crippen LogP contribution is -1.98. The minimum absolute atomic E-state index is 0.335. The van der Waals surface area contributed by atoms with Crippen LogP contribution in [0.15, 0.2) is 60.5 Å². The molecule has 1 N–H and O–H groups in total. The van der Waals surface area contributed by atoms with E-state index in [0.717, 1.165) is 17.0 Å². The SMILES string of the molecule is C=CC(=O)OCC=CC.O=S(=O)(O)C=Cc1ccccc1. The Labute approximate surface area is 125 Å². The molecule has 0 amide bonds. The van der Waals surface area contributed by atoms with Crippen LogP contribution < -0.4 is 0 Å². The van der Waals surface area contributed by atoms with E-state index < -0.39 is 10.1 Å². The highest BCUT2D eigenvalue weighted by Gasteiger charge is 1.94. The molecule has 1 aromatic rings. The van der Waals surface area contributed by atoms with Crippen LogP contribution in [0.1, 0.15) is 12.5 Å². The van der Waals surface area contributed by atoms with Gasteiger partial charge in [0, 0.05) is 6.08 Å². The lowest BCUT2D eigenvalue weighted by molar-refractivity contribution is -0.136. The number of carbonyl (C=O) groups is 1. The number of rotatable bonds is 5. The van der Waals surface area contributed by atoms with Crippen molar-refractivity contribution in [2.45, 2.75) is 6.92 Å². The van der Waals surface area contributed by atoms with Gasteiger partial charge in [-0.1, -0.05) is 49.1 Å². The van der Waals surface area contributed by atoms with Gasteiger partial charge in [-0.3, -0.25) is 4.55 Å². The van der Waals surface area contributed by atoms with Gasteiger partial charge < -0.3 is 4.74 Å². The number of ether oxygens (including phenoxy) is 1. The second-order valence-corrected chi connectivity index (χ2v) is 4.93. The maximum Gasteiger partial charge on any atom is 0.330 e. The molecule has 1 aromatic carbocycles. The minimum atomic E-state index is -4.00. The van der Waals surface area contributed by atoms with Crippen LogP contribution in [-0.2, 0) is 19.6 Å². The first kappa shape index (κ1) is 18.8. The fraction of sp³-hybridized carbons (Fsp3) is 0.133. The Bertz CT molecular complexity index is 586. The van der Waals surface area contributed by atoms with E-state index in [0.29, 0.717) is 6.61 Å². The van der Waals surface area contributed by atoms with Crippen molar-refractivity contribution in [1.82, 2.24) is 0 Å². The molecule has 0 spiro atoms. The highest BCUT2D eigenvalue weighted by molar-refractivity contribution is 7.88. The fourth-order valence-electron chi connectivity index (χ4n) is 1.01. The Morgan fingerprint density at radius 2 is 1.95 bits per heavy atom. The summed E-state index contributed by atoms with van der Waals surface area (Å²) < 4.78 is 33.5. The quantitative estimate of drug-likeness (QED) is 0.391. The van der Waals surface area contributed by atoms with Crippen molar-refractivity contribution in [1.29, 1.82) is 0 Å². The van der Waals surface area contributed by atoms with Gasteiger partial charge >= 0.3 is 5.97 Å². The van der Waals surface area contributed by atoms with Crippen LogP contribution in [0.2, 0.25) is 0 Å². The molecule has 0 aliphatic carbocycles. The van der Waals surface area contributed by atoms with Gasteiger partial charge in [0.05, 0.1) is 5.41 Å². The molecular formula is C15H18O5S. The largest absolute Gasteiger partial charge is 0.458 e. The lowest BCUT2D eigenvalue weighted by atomic mass is 10.2. The second kappa shape index (κ2) is 10.6. The molecule has 0 saturated carbocycles. The molecule has 0 atom stereocenters. The zero-order valence-corrected chi connectivity index (χ0v) is 12.5. The van der Waals surface area contributed by atoms with Gasteiger partial charge in [0.2, 0.25) is 0 Å². The van der Waals surface area contributed by atoms with E-state index >= 15 is 0 Å². The zero-order chi connectivity index (χ0) is 16.1. The molecule has 5 nitrogen and oxygen atoms in total. The predicted molar refractivity (Wildman–Crippen MR) is 83.0 cm³/mol. The van der Waals surface area contributed by atoms with Crippen molar-refractivity contribution in [3.63, 3.8) is 0 Å². The minimum Gasteiger partial charge on any atom is -0.458 e. The topological polar surface area (TPSA) is 80.7 Å². The third-order valence-electron chi connectivity index (χ3n) is 1.96. The van der Waals surface area contributed by atoms with Gasteiger partial charge in [-0.15, -0.1) is 0 Å². The smallest absolute Gasteiger partial charge is 0.330 e. The van der Waals surface area contributed by atoms with Gasteiger partial charge in [0.1, 0.15) is 6.61 Å². The summed E-state index contributed by atoms with van der Waals surface area (Å²) in [4.78, 5) is 10.3. The van der Waals surface area contributed by atoms with Gasteiger partial charge in [-0.25, -0.2) is 4.79 Å². The maximum atomic E-state index is 10.3. The van der Waals surface area contributed by atoms with Gasteiger partial charge in [-0.2, -0.15) is 8.42 Å². The Balaban J connectivity index is 0.000000400. The summed E-state index contributed by atoms with van der Waals surface area (Å²) in [6.07, 6.45) is 6.04. The van der Waals surface area contributed by atoms with Crippen LogP contribution in [0.4, 0.5) is 0 Å². The molecule has 1 rings (SSSR count). The van der Waals surface area contributed by atoms with Crippen LogP contribution in [0.25, 0.3) is 6.08 Å². The van der Waals surface area contributed by atoms with Crippen LogP contribution in [0.5, 0.6) is 0 Å². The van der Waals surface area contributed by atoms with Crippen LogP contribution >= 0.6 is 0 Å². The highest BCUT2D eigenvalue weighted by atomic mass is 32.2. The van der Waals surface area contributed by atoms with Gasteiger partial charge in [0.25, 0.3) is 10.1 Å². The molecule has 0 radical (unpaired) electrons. The molecule has 0 bridgehead atoms. The molecule has 21 heavy (non-hydrogen) atoms. The van der Waals surface area contributed by atoms with Crippen molar-refractivity contribution in [2.75, 3.05) is 6.61 Å². The molecule has 0 aliphatic rings. The Kier molecular flexibility index (Phi) is 9.49. The number of allylic oxidation sites excluding steroid dienone is 1. The molecule has 0 saturated heterocycles. The average molecular weight is 310 g/mol. The molecule has 0 aliphatic heterocycles. The average Bonchev–Trinajstić information content (AvgIpc) is 2.46. The lowest BCUT2D eigenvalue weighted by Gasteiger charge is -1.93. The summed E-state index contributed by atoms with van der Waals surface area (Å²) in [5.41, 5.74) is 0.732. The Hall–Kier alpha value is -2.18. The van der Waals surface area contributed by atoms with E-state index in [1.165, 1.54) is 6.08 Å². The normalized spacial score (nSPS) is 11.0. The number of carbonyl (C=O) groups excluding carboxylic acids is 1. The number of benzene rings is 1. The van der Waals surface area contributed by atoms with Crippen LogP contribution in [-0.4, -0.2) is 25.5 Å². The first-order valence-corrected chi connectivity index (χ1v) is 7.50. The van der Waals surface area contributed by atoms with Gasteiger partial charge in [-0.05, 0) is 18.6 Å². The number of hydrogen-bond acceptors (Lipinski definition) is 4. The predicted octanol–water partition coefficient (Wildman–Crippen LogP) is 2.84. The summed E-state index contributed by atoms with van der Waals surface area (Å²) in [5, 5.41) is 0.752. The zero-order valence-electron chi connectivity index (χ0n) is 11.7. The summed E-state index contributed by atoms with van der Waals surface area (Å²) in [7, 11) is -4.00. The molecule has 0 aromatic heterocycles. The van der Waals surface area contributed by atoms with Crippen LogP contribution in [0, 0.1) is 0 Å². The summed E-state index contributed by atoms with van der Waals surface area (Å²) in [6, 6.07) is 8.86. The molecule has 114 valence electrons. The third-order valence-corrected chi connectivity index (χ3v) is 2.44. The maximum absolute atomic E-state index is 10.3. The first-order valence-electron chi connectivity index (χ1n) is 6.00. The van der Waals surface area contributed by atoms with E-state index in [4.69, 9.17) is 4.55 Å². The Morgan fingerprint density at radius 1 is 1.33 bits per heavy atom. The Morgan fingerprint density at radius 3 is 2.43 bits per heavy atom. The third kappa shape index (κ3) is 12.6.